The highest BCUT2D eigenvalue weighted by molar-refractivity contribution is 7.89. The van der Waals surface area contributed by atoms with Gasteiger partial charge in [-0.25, -0.2) is 8.42 Å². The van der Waals surface area contributed by atoms with Crippen LogP contribution < -0.4 is 5.73 Å². The molecule has 0 aromatic heterocycles. The number of nitrogens with zero attached hydrogens (tertiary/aromatic N) is 1. The molecule has 0 amide bonds. The molecule has 0 spiro atoms. The average Bonchev–Trinajstić information content (AvgIpc) is 2.38. The maximum Gasteiger partial charge on any atom is 0.416 e. The van der Waals surface area contributed by atoms with Crippen LogP contribution in [0.4, 0.5) is 13.2 Å². The number of piperidine rings is 1. The summed E-state index contributed by atoms with van der Waals surface area (Å²) in [4.78, 5) is -0.124. The predicted molar refractivity (Wildman–Crippen MR) is 74.7 cm³/mol. The fourth-order valence-corrected chi connectivity index (χ4v) is 3.55. The normalized spacial score (nSPS) is 18.3. The lowest BCUT2D eigenvalue weighted by Crippen LogP contribution is -2.42. The Hall–Kier alpha value is -0.830. The summed E-state index contributed by atoms with van der Waals surface area (Å²) in [6, 6.07) is 3.53. The van der Waals surface area contributed by atoms with Crippen molar-refractivity contribution in [2.24, 2.45) is 5.73 Å². The van der Waals surface area contributed by atoms with Crippen molar-refractivity contribution in [1.82, 2.24) is 4.31 Å². The molecule has 0 bridgehead atoms. The van der Waals surface area contributed by atoms with Crippen molar-refractivity contribution in [3.05, 3.63) is 29.8 Å². The molecule has 0 aliphatic carbocycles. The summed E-state index contributed by atoms with van der Waals surface area (Å²) < 4.78 is 63.1. The molecule has 0 saturated carbocycles. The van der Waals surface area contributed by atoms with Crippen LogP contribution in [0.25, 0.3) is 0 Å². The van der Waals surface area contributed by atoms with Crippen LogP contribution in [0.3, 0.4) is 0 Å². The Balaban J connectivity index is 0.00000220. The molecule has 1 aliphatic rings. The van der Waals surface area contributed by atoms with E-state index in [1.54, 1.807) is 0 Å². The van der Waals surface area contributed by atoms with Crippen molar-refractivity contribution in [3.63, 3.8) is 0 Å². The zero-order valence-corrected chi connectivity index (χ0v) is 12.6. The van der Waals surface area contributed by atoms with Gasteiger partial charge in [-0.05, 0) is 37.1 Å². The number of hydrogen-bond acceptors (Lipinski definition) is 3. The monoisotopic (exact) mass is 344 g/mol. The van der Waals surface area contributed by atoms with Crippen molar-refractivity contribution < 1.29 is 21.6 Å². The molecular weight excluding hydrogens is 329 g/mol. The van der Waals surface area contributed by atoms with E-state index in [9.17, 15) is 21.6 Å². The van der Waals surface area contributed by atoms with Crippen molar-refractivity contribution in [1.29, 1.82) is 0 Å². The van der Waals surface area contributed by atoms with E-state index in [1.165, 1.54) is 4.31 Å². The Bertz CT molecular complexity index is 567. The molecule has 1 aromatic carbocycles. The topological polar surface area (TPSA) is 63.4 Å². The maximum absolute atomic E-state index is 12.4. The Kier molecular flexibility index (Phi) is 5.65. The summed E-state index contributed by atoms with van der Waals surface area (Å²) in [5.41, 5.74) is 4.84. The van der Waals surface area contributed by atoms with E-state index in [-0.39, 0.29) is 23.3 Å². The van der Waals surface area contributed by atoms with E-state index >= 15 is 0 Å². The van der Waals surface area contributed by atoms with Gasteiger partial charge in [-0.1, -0.05) is 0 Å². The quantitative estimate of drug-likeness (QED) is 0.895. The molecule has 4 nitrogen and oxygen atoms in total. The zero-order chi connectivity index (χ0) is 15.0. The van der Waals surface area contributed by atoms with Crippen molar-refractivity contribution >= 4 is 22.4 Å². The van der Waals surface area contributed by atoms with Gasteiger partial charge in [0.05, 0.1) is 10.5 Å². The summed E-state index contributed by atoms with van der Waals surface area (Å²) in [5.74, 6) is 0. The fourth-order valence-electron chi connectivity index (χ4n) is 2.08. The van der Waals surface area contributed by atoms with E-state index < -0.39 is 21.8 Å². The molecule has 2 rings (SSSR count). The molecule has 1 aromatic rings. The van der Waals surface area contributed by atoms with Crippen LogP contribution in [-0.2, 0) is 16.2 Å². The van der Waals surface area contributed by atoms with Crippen LogP contribution >= 0.6 is 12.4 Å². The van der Waals surface area contributed by atoms with Crippen molar-refractivity contribution in [2.75, 3.05) is 13.1 Å². The van der Waals surface area contributed by atoms with Crippen LogP contribution in [0.5, 0.6) is 0 Å². The average molecular weight is 345 g/mol. The molecule has 1 fully saturated rings. The molecule has 0 atom stereocenters. The number of nitrogens with two attached hydrogens (primary N) is 1. The first kappa shape index (κ1) is 18.2. The standard InChI is InChI=1S/C12H15F3N2O2S.ClH/c13-12(14,15)9-1-3-11(4-2-9)20(18,19)17-7-5-10(16)6-8-17;/h1-4,10H,5-8,16H2;1H. The van der Waals surface area contributed by atoms with E-state index in [0.717, 1.165) is 24.3 Å². The second-order valence-corrected chi connectivity index (χ2v) is 6.70. The summed E-state index contributed by atoms with van der Waals surface area (Å²) >= 11 is 0. The molecular formula is C12H16ClF3N2O2S. The van der Waals surface area contributed by atoms with Crippen LogP contribution in [0.2, 0.25) is 0 Å². The number of hydrogen-bond donors (Lipinski definition) is 1. The molecule has 21 heavy (non-hydrogen) atoms. The van der Waals surface area contributed by atoms with Crippen LogP contribution in [0.15, 0.2) is 29.2 Å². The highest BCUT2D eigenvalue weighted by Gasteiger charge is 2.32. The molecule has 120 valence electrons. The second-order valence-electron chi connectivity index (χ2n) is 4.76. The molecule has 0 unspecified atom stereocenters. The number of sulfonamides is 1. The minimum atomic E-state index is -4.47. The van der Waals surface area contributed by atoms with Crippen molar-refractivity contribution in [2.45, 2.75) is 30.0 Å². The Morgan fingerprint density at radius 1 is 1.10 bits per heavy atom. The van der Waals surface area contributed by atoms with Crippen LogP contribution in [0.1, 0.15) is 18.4 Å². The predicted octanol–water partition coefficient (Wildman–Crippen LogP) is 2.24. The number of rotatable bonds is 2. The first-order chi connectivity index (χ1) is 9.21. The lowest BCUT2D eigenvalue weighted by molar-refractivity contribution is -0.137. The van der Waals surface area contributed by atoms with Gasteiger partial charge in [0.2, 0.25) is 10.0 Å². The molecule has 0 radical (unpaired) electrons. The van der Waals surface area contributed by atoms with Gasteiger partial charge in [-0.15, -0.1) is 12.4 Å². The van der Waals surface area contributed by atoms with Gasteiger partial charge in [0.25, 0.3) is 0 Å². The maximum atomic E-state index is 12.4. The van der Waals surface area contributed by atoms with Gasteiger partial charge < -0.3 is 5.73 Å². The van der Waals surface area contributed by atoms with Crippen LogP contribution in [-0.4, -0.2) is 31.9 Å². The number of halogens is 4. The second kappa shape index (κ2) is 6.51. The highest BCUT2D eigenvalue weighted by Crippen LogP contribution is 2.30. The third kappa shape index (κ3) is 4.09. The SMILES string of the molecule is Cl.NC1CCN(S(=O)(=O)c2ccc(C(F)(F)F)cc2)CC1. The lowest BCUT2D eigenvalue weighted by Gasteiger charge is -2.29. The molecule has 1 aliphatic heterocycles. The Morgan fingerprint density at radius 2 is 1.57 bits per heavy atom. The molecule has 2 N–H and O–H groups in total. The minimum Gasteiger partial charge on any atom is -0.328 e. The van der Waals surface area contributed by atoms with Gasteiger partial charge in [-0.2, -0.15) is 17.5 Å². The van der Waals surface area contributed by atoms with Crippen molar-refractivity contribution in [3.8, 4) is 0 Å². The van der Waals surface area contributed by atoms with E-state index in [2.05, 4.69) is 0 Å². The molecule has 1 heterocycles. The Labute approximate surface area is 127 Å². The third-order valence-electron chi connectivity index (χ3n) is 3.32. The number of alkyl halides is 3. The van der Waals surface area contributed by atoms with E-state index in [1.807, 2.05) is 0 Å². The van der Waals surface area contributed by atoms with E-state index in [0.29, 0.717) is 25.9 Å². The molecule has 9 heteroatoms. The van der Waals surface area contributed by atoms with Gasteiger partial charge >= 0.3 is 6.18 Å². The summed E-state index contributed by atoms with van der Waals surface area (Å²) in [7, 11) is -3.74. The van der Waals surface area contributed by atoms with E-state index in [4.69, 9.17) is 5.73 Å². The third-order valence-corrected chi connectivity index (χ3v) is 5.23. The van der Waals surface area contributed by atoms with Gasteiger partial charge in [0.1, 0.15) is 0 Å². The van der Waals surface area contributed by atoms with Gasteiger partial charge in [0, 0.05) is 19.1 Å². The van der Waals surface area contributed by atoms with Gasteiger partial charge in [-0.3, -0.25) is 0 Å². The van der Waals surface area contributed by atoms with Crippen LogP contribution in [0, 0.1) is 0 Å². The molecule has 1 saturated heterocycles. The Morgan fingerprint density at radius 3 is 2.00 bits per heavy atom. The summed E-state index contributed by atoms with van der Waals surface area (Å²) in [5, 5.41) is 0. The number of benzene rings is 1. The first-order valence-corrected chi connectivity index (χ1v) is 7.58. The highest BCUT2D eigenvalue weighted by atomic mass is 35.5. The summed E-state index contributed by atoms with van der Waals surface area (Å²) in [6.07, 6.45) is -3.36. The first-order valence-electron chi connectivity index (χ1n) is 6.14. The minimum absolute atomic E-state index is 0. The fraction of sp³-hybridized carbons (Fsp3) is 0.500. The largest absolute Gasteiger partial charge is 0.416 e. The summed E-state index contributed by atoms with van der Waals surface area (Å²) in [6.45, 7) is 0.592. The van der Waals surface area contributed by atoms with Gasteiger partial charge in [0.15, 0.2) is 0 Å². The smallest absolute Gasteiger partial charge is 0.328 e. The zero-order valence-electron chi connectivity index (χ0n) is 11.0. The lowest BCUT2D eigenvalue weighted by atomic mass is 10.1.